The molecule has 0 spiro atoms. The highest BCUT2D eigenvalue weighted by Gasteiger charge is 2.13. The maximum Gasteiger partial charge on any atom is 0.258 e. The molecule has 2 aromatic carbocycles. The Morgan fingerprint density at radius 1 is 1.16 bits per heavy atom. The number of nitrogens with one attached hydrogen (secondary N) is 2. The normalized spacial score (nSPS) is 11.6. The summed E-state index contributed by atoms with van der Waals surface area (Å²) in [6.45, 7) is 8.52. The Labute approximate surface area is 182 Å². The molecule has 1 heterocycles. The van der Waals surface area contributed by atoms with E-state index >= 15 is 0 Å². The first-order valence-corrected chi connectivity index (χ1v) is 10.2. The molecule has 0 unspecified atom stereocenters. The number of carbonyl (C=O) groups is 1. The predicted molar refractivity (Wildman–Crippen MR) is 122 cm³/mol. The van der Waals surface area contributed by atoms with Crippen molar-refractivity contribution in [3.8, 4) is 0 Å². The minimum Gasteiger partial charge on any atom is -0.326 e. The van der Waals surface area contributed by atoms with Gasteiger partial charge < -0.3 is 5.32 Å². The summed E-state index contributed by atoms with van der Waals surface area (Å²) in [6, 6.07) is 13.5. The molecule has 0 bridgehead atoms. The van der Waals surface area contributed by atoms with E-state index in [-0.39, 0.29) is 11.5 Å². The molecule has 1 amide bonds. The molecule has 0 radical (unpaired) electrons. The van der Waals surface area contributed by atoms with Crippen LogP contribution in [0, 0.1) is 19.7 Å². The summed E-state index contributed by atoms with van der Waals surface area (Å²) in [6.07, 6.45) is 0. The first kappa shape index (κ1) is 22.2. The smallest absolute Gasteiger partial charge is 0.258 e. The number of hydrogen-bond donors (Lipinski definition) is 2. The van der Waals surface area contributed by atoms with E-state index in [2.05, 4.69) is 34.6 Å². The maximum atomic E-state index is 13.5. The molecule has 0 saturated carbocycles. The fourth-order valence-corrected chi connectivity index (χ4v) is 3.21. The zero-order valence-corrected chi connectivity index (χ0v) is 18.5. The minimum absolute atomic E-state index is 0.221. The molecule has 1 aromatic heterocycles. The molecule has 6 nitrogen and oxygen atoms in total. The molecule has 0 aliphatic carbocycles. The standard InChI is InChI=1S/C24H28FN5O/c1-15(2)18-9-11-21(12-10-18)27-24(26-14-22-16(3)29-30(5)17(22)4)28-23(31)19-7-6-8-20(25)13-19/h6-13,15H,14H2,1-5H3,(H2,26,27,28,31). The number of aryl methyl sites for hydroxylation is 2. The summed E-state index contributed by atoms with van der Waals surface area (Å²) in [5.41, 5.74) is 5.13. The number of rotatable bonds is 5. The van der Waals surface area contributed by atoms with Gasteiger partial charge in [0.25, 0.3) is 5.91 Å². The second-order valence-corrected chi connectivity index (χ2v) is 7.80. The summed E-state index contributed by atoms with van der Waals surface area (Å²) in [4.78, 5) is 17.3. The maximum absolute atomic E-state index is 13.5. The van der Waals surface area contributed by atoms with Gasteiger partial charge in [0, 0.05) is 29.6 Å². The molecule has 2 N–H and O–H groups in total. The number of guanidine groups is 1. The van der Waals surface area contributed by atoms with E-state index < -0.39 is 11.7 Å². The SMILES string of the molecule is Cc1nn(C)c(C)c1CN=C(NC(=O)c1cccc(F)c1)Nc1ccc(C(C)C)cc1. The Bertz CT molecular complexity index is 1100. The van der Waals surface area contributed by atoms with Gasteiger partial charge in [0.1, 0.15) is 5.82 Å². The van der Waals surface area contributed by atoms with Crippen molar-refractivity contribution < 1.29 is 9.18 Å². The largest absolute Gasteiger partial charge is 0.326 e. The topological polar surface area (TPSA) is 71.3 Å². The van der Waals surface area contributed by atoms with Crippen molar-refractivity contribution in [3.05, 3.63) is 82.4 Å². The lowest BCUT2D eigenvalue weighted by molar-refractivity contribution is 0.0976. The van der Waals surface area contributed by atoms with E-state index in [0.717, 1.165) is 22.6 Å². The fourth-order valence-electron chi connectivity index (χ4n) is 3.21. The number of carbonyl (C=O) groups excluding carboxylic acids is 1. The van der Waals surface area contributed by atoms with Crippen LogP contribution in [-0.2, 0) is 13.6 Å². The zero-order chi connectivity index (χ0) is 22.5. The molecule has 0 fully saturated rings. The number of anilines is 1. The monoisotopic (exact) mass is 421 g/mol. The van der Waals surface area contributed by atoms with E-state index in [9.17, 15) is 9.18 Å². The summed E-state index contributed by atoms with van der Waals surface area (Å²) in [7, 11) is 1.89. The Kier molecular flexibility index (Phi) is 6.84. The van der Waals surface area contributed by atoms with Gasteiger partial charge in [-0.05, 0) is 55.7 Å². The molecule has 162 valence electrons. The number of hydrogen-bond acceptors (Lipinski definition) is 3. The van der Waals surface area contributed by atoms with Crippen LogP contribution < -0.4 is 10.6 Å². The zero-order valence-electron chi connectivity index (χ0n) is 18.5. The number of amides is 1. The van der Waals surface area contributed by atoms with Crippen molar-refractivity contribution in [2.75, 3.05) is 5.32 Å². The minimum atomic E-state index is -0.468. The second kappa shape index (κ2) is 9.55. The first-order valence-electron chi connectivity index (χ1n) is 10.2. The van der Waals surface area contributed by atoms with Gasteiger partial charge in [-0.15, -0.1) is 0 Å². The highest BCUT2D eigenvalue weighted by Crippen LogP contribution is 2.18. The molecular formula is C24H28FN5O. The van der Waals surface area contributed by atoms with Gasteiger partial charge in [-0.2, -0.15) is 5.10 Å². The van der Waals surface area contributed by atoms with E-state index in [0.29, 0.717) is 12.5 Å². The van der Waals surface area contributed by atoms with Crippen LogP contribution >= 0.6 is 0 Å². The van der Waals surface area contributed by atoms with Crippen LogP contribution in [0.2, 0.25) is 0 Å². The number of aliphatic imine (C=N–C) groups is 1. The second-order valence-electron chi connectivity index (χ2n) is 7.80. The van der Waals surface area contributed by atoms with Crippen molar-refractivity contribution >= 4 is 17.6 Å². The summed E-state index contributed by atoms with van der Waals surface area (Å²) in [5.74, 6) is -0.199. The number of halogens is 1. The van der Waals surface area contributed by atoms with Crippen molar-refractivity contribution in [1.29, 1.82) is 0 Å². The van der Waals surface area contributed by atoms with Gasteiger partial charge in [0.05, 0.1) is 12.2 Å². The fraction of sp³-hybridized carbons (Fsp3) is 0.292. The van der Waals surface area contributed by atoms with Crippen LogP contribution in [0.3, 0.4) is 0 Å². The summed E-state index contributed by atoms with van der Waals surface area (Å²) >= 11 is 0. The van der Waals surface area contributed by atoms with Crippen molar-refractivity contribution in [2.24, 2.45) is 12.0 Å². The lowest BCUT2D eigenvalue weighted by Crippen LogP contribution is -2.36. The molecule has 0 saturated heterocycles. The van der Waals surface area contributed by atoms with Gasteiger partial charge in [0.15, 0.2) is 0 Å². The van der Waals surface area contributed by atoms with Gasteiger partial charge >= 0.3 is 0 Å². The van der Waals surface area contributed by atoms with Crippen LogP contribution in [-0.4, -0.2) is 21.6 Å². The van der Waals surface area contributed by atoms with Crippen LogP contribution in [0.5, 0.6) is 0 Å². The average Bonchev–Trinajstić information content (AvgIpc) is 2.97. The van der Waals surface area contributed by atoms with Gasteiger partial charge in [0.2, 0.25) is 5.96 Å². The van der Waals surface area contributed by atoms with E-state index in [1.807, 2.05) is 49.8 Å². The van der Waals surface area contributed by atoms with Crippen LogP contribution in [0.25, 0.3) is 0 Å². The lowest BCUT2D eigenvalue weighted by atomic mass is 10.0. The summed E-state index contributed by atoms with van der Waals surface area (Å²) < 4.78 is 15.3. The highest BCUT2D eigenvalue weighted by molar-refractivity contribution is 6.09. The molecule has 31 heavy (non-hydrogen) atoms. The van der Waals surface area contributed by atoms with Gasteiger partial charge in [-0.1, -0.05) is 32.0 Å². The molecular weight excluding hydrogens is 393 g/mol. The van der Waals surface area contributed by atoms with Crippen molar-refractivity contribution in [2.45, 2.75) is 40.2 Å². The highest BCUT2D eigenvalue weighted by atomic mass is 19.1. The quantitative estimate of drug-likeness (QED) is 0.463. The third kappa shape index (κ3) is 5.57. The van der Waals surface area contributed by atoms with Crippen LogP contribution in [0.4, 0.5) is 10.1 Å². The Morgan fingerprint density at radius 2 is 1.87 bits per heavy atom. The average molecular weight is 422 g/mol. The van der Waals surface area contributed by atoms with E-state index in [1.54, 1.807) is 6.07 Å². The Hall–Kier alpha value is -3.48. The van der Waals surface area contributed by atoms with E-state index in [4.69, 9.17) is 0 Å². The van der Waals surface area contributed by atoms with Crippen molar-refractivity contribution in [1.82, 2.24) is 15.1 Å². The van der Waals surface area contributed by atoms with Gasteiger partial charge in [-0.3, -0.25) is 14.8 Å². The molecule has 3 aromatic rings. The summed E-state index contributed by atoms with van der Waals surface area (Å²) in [5, 5.41) is 10.4. The third-order valence-electron chi connectivity index (χ3n) is 5.21. The van der Waals surface area contributed by atoms with Crippen LogP contribution in [0.15, 0.2) is 53.5 Å². The lowest BCUT2D eigenvalue weighted by Gasteiger charge is -2.13. The van der Waals surface area contributed by atoms with Gasteiger partial charge in [-0.25, -0.2) is 9.38 Å². The van der Waals surface area contributed by atoms with Crippen molar-refractivity contribution in [3.63, 3.8) is 0 Å². The Morgan fingerprint density at radius 3 is 2.45 bits per heavy atom. The molecule has 0 aliphatic heterocycles. The molecule has 3 rings (SSSR count). The molecule has 0 atom stereocenters. The number of nitrogens with zero attached hydrogens (tertiary/aromatic N) is 3. The predicted octanol–water partition coefficient (Wildman–Crippen LogP) is 4.70. The first-order chi connectivity index (χ1) is 14.7. The molecule has 7 heteroatoms. The Balaban J connectivity index is 1.86. The molecule has 0 aliphatic rings. The van der Waals surface area contributed by atoms with E-state index in [1.165, 1.54) is 23.8 Å². The number of benzene rings is 2. The van der Waals surface area contributed by atoms with Crippen LogP contribution in [0.1, 0.15) is 52.6 Å². The third-order valence-corrected chi connectivity index (χ3v) is 5.21. The number of aromatic nitrogens is 2.